The van der Waals surface area contributed by atoms with Crippen LogP contribution in [0, 0.1) is 23.2 Å². The molecule has 0 radical (unpaired) electrons. The van der Waals surface area contributed by atoms with Crippen LogP contribution in [0.3, 0.4) is 0 Å². The van der Waals surface area contributed by atoms with E-state index in [0.717, 1.165) is 35.3 Å². The number of hydrogen-bond donors (Lipinski definition) is 2. The summed E-state index contributed by atoms with van der Waals surface area (Å²) >= 11 is 0. The molecule has 5 amide bonds. The second kappa shape index (κ2) is 14.5. The first kappa shape index (κ1) is 36.1. The Balaban J connectivity index is 1.18. The molecule has 2 saturated heterocycles. The quantitative estimate of drug-likeness (QED) is 0.293. The SMILES string of the molecule is CC[C@H](NC(=O)[C@@H]1CN(CCCc2ccccc2)C(=O)N1C(=O)[C@@H](NC(=O)Cc1ccccc1)C(C)C)B1O[C@@H]2CC3CC(C3(C)C)[C@]2(C)O1. The number of carbonyl (C=O) groups is 4. The molecule has 7 rings (SSSR count). The zero-order valence-corrected chi connectivity index (χ0v) is 30.4. The van der Waals surface area contributed by atoms with E-state index < -0.39 is 48.6 Å². The molecule has 2 unspecified atom stereocenters. The number of nitrogens with zero attached hydrogens (tertiary/aromatic N) is 2. The van der Waals surface area contributed by atoms with Crippen molar-refractivity contribution in [3.05, 3.63) is 71.8 Å². The molecule has 10 nitrogen and oxygen atoms in total. The van der Waals surface area contributed by atoms with E-state index in [1.54, 1.807) is 4.90 Å². The van der Waals surface area contributed by atoms with Gasteiger partial charge in [0.05, 0.1) is 30.6 Å². The van der Waals surface area contributed by atoms with Gasteiger partial charge < -0.3 is 24.8 Å². The van der Waals surface area contributed by atoms with Gasteiger partial charge >= 0.3 is 13.1 Å². The summed E-state index contributed by atoms with van der Waals surface area (Å²) in [4.78, 5) is 58.3. The Labute approximate surface area is 297 Å². The first-order valence-electron chi connectivity index (χ1n) is 18.5. The summed E-state index contributed by atoms with van der Waals surface area (Å²) in [5, 5.41) is 6.00. The molecule has 5 fully saturated rings. The summed E-state index contributed by atoms with van der Waals surface area (Å²) in [5.41, 5.74) is 1.73. The largest absolute Gasteiger partial charge is 0.481 e. The second-order valence-electron chi connectivity index (χ2n) is 15.9. The number of amides is 5. The van der Waals surface area contributed by atoms with Crippen LogP contribution in [0.5, 0.6) is 0 Å². The molecule has 0 aromatic heterocycles. The van der Waals surface area contributed by atoms with Crippen molar-refractivity contribution < 1.29 is 28.5 Å². The van der Waals surface area contributed by atoms with Crippen molar-refractivity contribution >= 4 is 30.9 Å². The van der Waals surface area contributed by atoms with Gasteiger partial charge in [0.2, 0.25) is 11.8 Å². The van der Waals surface area contributed by atoms with Crippen molar-refractivity contribution in [3.63, 3.8) is 0 Å². The fourth-order valence-corrected chi connectivity index (χ4v) is 8.79. The molecule has 3 saturated carbocycles. The van der Waals surface area contributed by atoms with Crippen molar-refractivity contribution in [2.24, 2.45) is 23.2 Å². The summed E-state index contributed by atoms with van der Waals surface area (Å²) in [6, 6.07) is 16.7. The van der Waals surface area contributed by atoms with E-state index in [0.29, 0.717) is 31.2 Å². The van der Waals surface area contributed by atoms with E-state index in [-0.39, 0.29) is 36.3 Å². The van der Waals surface area contributed by atoms with Gasteiger partial charge in [0.1, 0.15) is 12.1 Å². The summed E-state index contributed by atoms with van der Waals surface area (Å²) < 4.78 is 13.2. The van der Waals surface area contributed by atoms with Gasteiger partial charge in [-0.05, 0) is 73.3 Å². The normalized spacial score (nSPS) is 27.8. The van der Waals surface area contributed by atoms with Crippen molar-refractivity contribution in [3.8, 4) is 0 Å². The summed E-state index contributed by atoms with van der Waals surface area (Å²) in [6.45, 7) is 12.8. The Bertz CT molecular complexity index is 1560. The minimum atomic E-state index is -1.07. The average molecular weight is 685 g/mol. The topological polar surface area (TPSA) is 117 Å². The molecule has 50 heavy (non-hydrogen) atoms. The van der Waals surface area contributed by atoms with Gasteiger partial charge in [0, 0.05) is 6.54 Å². The van der Waals surface area contributed by atoms with E-state index in [2.05, 4.69) is 31.4 Å². The van der Waals surface area contributed by atoms with Crippen LogP contribution >= 0.6 is 0 Å². The molecule has 2 N–H and O–H groups in total. The van der Waals surface area contributed by atoms with Crippen molar-refractivity contribution in [2.75, 3.05) is 13.1 Å². The molecular formula is C39H53BN4O6. The molecule has 5 aliphatic rings. The predicted molar refractivity (Wildman–Crippen MR) is 192 cm³/mol. The van der Waals surface area contributed by atoms with Gasteiger partial charge in [0.25, 0.3) is 5.91 Å². The van der Waals surface area contributed by atoms with Crippen molar-refractivity contribution in [2.45, 2.75) is 110 Å². The zero-order valence-electron chi connectivity index (χ0n) is 30.4. The van der Waals surface area contributed by atoms with Crippen molar-refractivity contribution in [1.29, 1.82) is 0 Å². The molecule has 11 heteroatoms. The van der Waals surface area contributed by atoms with Gasteiger partial charge in [-0.1, -0.05) is 95.3 Å². The third-order valence-corrected chi connectivity index (χ3v) is 12.0. The Kier molecular flexibility index (Phi) is 10.5. The van der Waals surface area contributed by atoms with Gasteiger partial charge in [-0.15, -0.1) is 0 Å². The number of carbonyl (C=O) groups excluding carboxylic acids is 4. The van der Waals surface area contributed by atoms with Gasteiger partial charge in [-0.2, -0.15) is 0 Å². The van der Waals surface area contributed by atoms with Crippen LogP contribution in [0.1, 0.15) is 78.4 Å². The lowest BCUT2D eigenvalue weighted by molar-refractivity contribution is -0.199. The molecule has 2 aromatic rings. The van der Waals surface area contributed by atoms with Crippen LogP contribution in [0.4, 0.5) is 4.79 Å². The van der Waals surface area contributed by atoms with E-state index in [4.69, 9.17) is 9.31 Å². The number of urea groups is 1. The summed E-state index contributed by atoms with van der Waals surface area (Å²) in [6.07, 6.45) is 4.10. The average Bonchev–Trinajstić information content (AvgIpc) is 3.62. The lowest BCUT2D eigenvalue weighted by Gasteiger charge is -2.64. The number of nitrogens with one attached hydrogen (secondary N) is 2. The number of imide groups is 1. The van der Waals surface area contributed by atoms with E-state index in [1.165, 1.54) is 0 Å². The van der Waals surface area contributed by atoms with E-state index >= 15 is 0 Å². The smallest absolute Gasteiger partial charge is 0.404 e. The predicted octanol–water partition coefficient (Wildman–Crippen LogP) is 4.80. The lowest BCUT2D eigenvalue weighted by Crippen LogP contribution is -2.65. The molecule has 2 heterocycles. The number of rotatable bonds is 13. The summed E-state index contributed by atoms with van der Waals surface area (Å²) in [7, 11) is -0.627. The van der Waals surface area contributed by atoms with Crippen LogP contribution < -0.4 is 10.6 Å². The lowest BCUT2D eigenvalue weighted by atomic mass is 9.43. The molecule has 2 bridgehead atoms. The molecule has 2 aromatic carbocycles. The molecule has 268 valence electrons. The first-order valence-corrected chi connectivity index (χ1v) is 18.5. The van der Waals surface area contributed by atoms with E-state index in [9.17, 15) is 19.2 Å². The van der Waals surface area contributed by atoms with Crippen LogP contribution in [0.15, 0.2) is 60.7 Å². The highest BCUT2D eigenvalue weighted by molar-refractivity contribution is 6.48. The summed E-state index contributed by atoms with van der Waals surface area (Å²) in [5.74, 6) is -1.15. The molecule has 0 spiro atoms. The maximum absolute atomic E-state index is 14.3. The maximum Gasteiger partial charge on any atom is 0.481 e. The highest BCUT2D eigenvalue weighted by Gasteiger charge is 2.68. The highest BCUT2D eigenvalue weighted by Crippen LogP contribution is 2.65. The van der Waals surface area contributed by atoms with Gasteiger partial charge in [0.15, 0.2) is 0 Å². The van der Waals surface area contributed by atoms with Gasteiger partial charge in [-0.25, -0.2) is 9.69 Å². The van der Waals surface area contributed by atoms with Crippen LogP contribution in [-0.2, 0) is 36.5 Å². The minimum Gasteiger partial charge on any atom is -0.404 e. The third-order valence-electron chi connectivity index (χ3n) is 12.0. The Morgan fingerprint density at radius 1 is 0.960 bits per heavy atom. The molecule has 3 aliphatic carbocycles. The van der Waals surface area contributed by atoms with Crippen molar-refractivity contribution in [1.82, 2.24) is 20.4 Å². The van der Waals surface area contributed by atoms with Crippen LogP contribution in [-0.4, -0.2) is 83.5 Å². The van der Waals surface area contributed by atoms with Crippen LogP contribution in [0.25, 0.3) is 0 Å². The van der Waals surface area contributed by atoms with Crippen LogP contribution in [0.2, 0.25) is 0 Å². The number of hydrogen-bond acceptors (Lipinski definition) is 6. The Morgan fingerprint density at radius 2 is 1.62 bits per heavy atom. The third kappa shape index (κ3) is 6.95. The minimum absolute atomic E-state index is 0.0345. The fraction of sp³-hybridized carbons (Fsp3) is 0.590. The molecule has 7 atom stereocenters. The molecule has 2 aliphatic heterocycles. The second-order valence-corrected chi connectivity index (χ2v) is 15.9. The van der Waals surface area contributed by atoms with E-state index in [1.807, 2.05) is 81.4 Å². The highest BCUT2D eigenvalue weighted by atomic mass is 16.7. The number of benzene rings is 2. The monoisotopic (exact) mass is 684 g/mol. The Hall–Kier alpha value is -3.70. The Morgan fingerprint density at radius 3 is 2.24 bits per heavy atom. The molecular weight excluding hydrogens is 631 g/mol. The van der Waals surface area contributed by atoms with Gasteiger partial charge in [-0.3, -0.25) is 14.4 Å². The standard InChI is InChI=1S/C39H53BN4O6/c1-7-32(40-49-31-23-28-22-30(38(28,4)5)39(31,6)50-40)41-35(46)29-24-43(20-14-19-26-15-10-8-11-16-26)37(48)44(29)36(47)34(25(2)3)42-33(45)21-27-17-12-9-13-18-27/h8-13,15-18,25,28-32,34H,7,14,19-24H2,1-6H3,(H,41,46)(H,42,45)/t28?,29-,30?,31+,32-,34-,39-/m0/s1. The maximum atomic E-state index is 14.3. The fourth-order valence-electron chi connectivity index (χ4n) is 8.79. The first-order chi connectivity index (χ1) is 23.8. The zero-order chi connectivity index (χ0) is 35.8. The number of aryl methyl sites for hydroxylation is 1.